The van der Waals surface area contributed by atoms with E-state index >= 15 is 0 Å². The van der Waals surface area contributed by atoms with Crippen molar-refractivity contribution < 1.29 is 8.42 Å². The number of piperidine rings is 1. The molecule has 0 spiro atoms. The van der Waals surface area contributed by atoms with Crippen molar-refractivity contribution in [1.82, 2.24) is 14.1 Å². The molecular weight excluding hydrogens is 342 g/mol. The maximum atomic E-state index is 12.6. The number of hydrogen-bond donors (Lipinski definition) is 0. The van der Waals surface area contributed by atoms with E-state index in [1.54, 1.807) is 7.05 Å². The fourth-order valence-electron chi connectivity index (χ4n) is 2.25. The van der Waals surface area contributed by atoms with Crippen molar-refractivity contribution >= 4 is 37.6 Å². The Labute approximate surface area is 120 Å². The minimum Gasteiger partial charge on any atom is -0.255 e. The van der Waals surface area contributed by atoms with E-state index in [4.69, 9.17) is 11.6 Å². The summed E-state index contributed by atoms with van der Waals surface area (Å²) in [4.78, 5) is 0. The lowest BCUT2D eigenvalue weighted by Crippen LogP contribution is -2.45. The Balaban J connectivity index is 2.41. The summed E-state index contributed by atoms with van der Waals surface area (Å²) in [5.74, 6) is 0. The Bertz CT molecular complexity index is 512. The SMILES string of the molecule is Cn1ncc(Cl)c1S(=O)(=O)N1CCCCC1CBr. The third kappa shape index (κ3) is 2.45. The molecule has 5 nitrogen and oxygen atoms in total. The molecule has 1 aromatic heterocycles. The summed E-state index contributed by atoms with van der Waals surface area (Å²) in [6.45, 7) is 0.542. The van der Waals surface area contributed by atoms with Crippen LogP contribution < -0.4 is 0 Å². The molecule has 1 fully saturated rings. The molecule has 102 valence electrons. The molecular formula is C10H15BrClN3O2S. The number of hydrogen-bond acceptors (Lipinski definition) is 3. The first kappa shape index (κ1) is 14.3. The van der Waals surface area contributed by atoms with Crippen LogP contribution in [0.15, 0.2) is 11.2 Å². The first-order valence-corrected chi connectivity index (χ1v) is 8.67. The van der Waals surface area contributed by atoms with Gasteiger partial charge in [-0.25, -0.2) is 8.42 Å². The quantitative estimate of drug-likeness (QED) is 0.779. The molecule has 1 aliphatic heterocycles. The van der Waals surface area contributed by atoms with Gasteiger partial charge in [0.1, 0.15) is 0 Å². The number of sulfonamides is 1. The molecule has 0 aromatic carbocycles. The Morgan fingerprint density at radius 3 is 2.83 bits per heavy atom. The number of nitrogens with zero attached hydrogens (tertiary/aromatic N) is 3. The average Bonchev–Trinajstić information content (AvgIpc) is 2.69. The highest BCUT2D eigenvalue weighted by molar-refractivity contribution is 9.09. The van der Waals surface area contributed by atoms with Crippen LogP contribution in [-0.4, -0.2) is 40.4 Å². The second-order valence-electron chi connectivity index (χ2n) is 4.34. The number of alkyl halides is 1. The summed E-state index contributed by atoms with van der Waals surface area (Å²) in [6.07, 6.45) is 4.18. The summed E-state index contributed by atoms with van der Waals surface area (Å²) in [6, 6.07) is -0.00489. The number of halogens is 2. The topological polar surface area (TPSA) is 55.2 Å². The zero-order valence-electron chi connectivity index (χ0n) is 10.0. The Morgan fingerprint density at radius 2 is 2.28 bits per heavy atom. The lowest BCUT2D eigenvalue weighted by atomic mass is 10.1. The molecule has 1 atom stereocenters. The van der Waals surface area contributed by atoms with Gasteiger partial charge in [0, 0.05) is 25.0 Å². The fraction of sp³-hybridized carbons (Fsp3) is 0.700. The highest BCUT2D eigenvalue weighted by Gasteiger charge is 2.36. The van der Waals surface area contributed by atoms with Crippen LogP contribution in [0.2, 0.25) is 5.02 Å². The monoisotopic (exact) mass is 355 g/mol. The van der Waals surface area contributed by atoms with Gasteiger partial charge in [0.05, 0.1) is 11.2 Å². The first-order chi connectivity index (χ1) is 8.48. The number of aromatic nitrogens is 2. The molecule has 0 bridgehead atoms. The lowest BCUT2D eigenvalue weighted by molar-refractivity contribution is 0.272. The molecule has 0 radical (unpaired) electrons. The van der Waals surface area contributed by atoms with Crippen LogP contribution in [0, 0.1) is 0 Å². The lowest BCUT2D eigenvalue weighted by Gasteiger charge is -2.33. The summed E-state index contributed by atoms with van der Waals surface area (Å²) in [5, 5.41) is 4.79. The summed E-state index contributed by atoms with van der Waals surface area (Å²) < 4.78 is 28.1. The van der Waals surface area contributed by atoms with Gasteiger partial charge in [-0.15, -0.1) is 0 Å². The zero-order valence-corrected chi connectivity index (χ0v) is 13.2. The van der Waals surface area contributed by atoms with E-state index in [0.717, 1.165) is 19.3 Å². The van der Waals surface area contributed by atoms with Gasteiger partial charge in [-0.2, -0.15) is 9.40 Å². The van der Waals surface area contributed by atoms with Crippen molar-refractivity contribution in [2.45, 2.75) is 30.3 Å². The first-order valence-electron chi connectivity index (χ1n) is 5.73. The van der Waals surface area contributed by atoms with Gasteiger partial charge in [0.2, 0.25) is 0 Å². The second kappa shape index (κ2) is 5.48. The van der Waals surface area contributed by atoms with Crippen molar-refractivity contribution in [1.29, 1.82) is 0 Å². The van der Waals surface area contributed by atoms with E-state index in [2.05, 4.69) is 21.0 Å². The summed E-state index contributed by atoms with van der Waals surface area (Å²) >= 11 is 9.32. The molecule has 2 rings (SSSR count). The van der Waals surface area contributed by atoms with Crippen LogP contribution in [0.25, 0.3) is 0 Å². The van der Waals surface area contributed by atoms with Crippen LogP contribution >= 0.6 is 27.5 Å². The third-order valence-electron chi connectivity index (χ3n) is 3.15. The van der Waals surface area contributed by atoms with Gasteiger partial charge < -0.3 is 0 Å². The van der Waals surface area contributed by atoms with E-state index in [1.807, 2.05) is 0 Å². The molecule has 18 heavy (non-hydrogen) atoms. The molecule has 1 aromatic rings. The molecule has 2 heterocycles. The van der Waals surface area contributed by atoms with Crippen molar-refractivity contribution in [3.63, 3.8) is 0 Å². The normalized spacial score (nSPS) is 22.3. The van der Waals surface area contributed by atoms with E-state index in [1.165, 1.54) is 15.2 Å². The predicted octanol–water partition coefficient (Wildman–Crippen LogP) is 2.01. The minimum absolute atomic E-state index is 0.00489. The molecule has 1 aliphatic rings. The van der Waals surface area contributed by atoms with E-state index < -0.39 is 10.0 Å². The predicted molar refractivity (Wildman–Crippen MR) is 73.5 cm³/mol. The highest BCUT2D eigenvalue weighted by atomic mass is 79.9. The molecule has 0 saturated carbocycles. The maximum absolute atomic E-state index is 12.6. The fourth-order valence-corrected chi connectivity index (χ4v) is 5.41. The Kier molecular flexibility index (Phi) is 4.36. The Morgan fingerprint density at radius 1 is 1.56 bits per heavy atom. The van der Waals surface area contributed by atoms with Crippen molar-refractivity contribution in [2.75, 3.05) is 11.9 Å². The van der Waals surface area contributed by atoms with Crippen LogP contribution in [0.1, 0.15) is 19.3 Å². The summed E-state index contributed by atoms with van der Waals surface area (Å²) in [7, 11) is -1.98. The van der Waals surface area contributed by atoms with Crippen molar-refractivity contribution in [2.24, 2.45) is 7.05 Å². The molecule has 0 N–H and O–H groups in total. The van der Waals surface area contributed by atoms with Gasteiger partial charge >= 0.3 is 0 Å². The number of rotatable bonds is 3. The molecule has 8 heteroatoms. The van der Waals surface area contributed by atoms with Crippen LogP contribution in [0.4, 0.5) is 0 Å². The maximum Gasteiger partial charge on any atom is 0.262 e. The van der Waals surface area contributed by atoms with Crippen molar-refractivity contribution in [3.05, 3.63) is 11.2 Å². The van der Waals surface area contributed by atoms with Crippen molar-refractivity contribution in [3.8, 4) is 0 Å². The highest BCUT2D eigenvalue weighted by Crippen LogP contribution is 2.29. The number of aryl methyl sites for hydroxylation is 1. The third-order valence-corrected chi connectivity index (χ3v) is 6.35. The molecule has 0 aliphatic carbocycles. The standard InChI is InChI=1S/C10H15BrClN3O2S/c1-14-10(9(12)7-13-14)18(16,17)15-5-3-2-4-8(15)6-11/h7-8H,2-6H2,1H3. The average molecular weight is 357 g/mol. The largest absolute Gasteiger partial charge is 0.262 e. The van der Waals surface area contributed by atoms with Gasteiger partial charge in [0.15, 0.2) is 5.03 Å². The van der Waals surface area contributed by atoms with E-state index in [-0.39, 0.29) is 16.1 Å². The second-order valence-corrected chi connectivity index (χ2v) is 7.20. The van der Waals surface area contributed by atoms with E-state index in [0.29, 0.717) is 11.9 Å². The van der Waals surface area contributed by atoms with Gasteiger partial charge in [-0.1, -0.05) is 34.0 Å². The van der Waals surface area contributed by atoms with Crippen LogP contribution in [0.3, 0.4) is 0 Å². The van der Waals surface area contributed by atoms with Crippen LogP contribution in [-0.2, 0) is 17.1 Å². The smallest absolute Gasteiger partial charge is 0.255 e. The van der Waals surface area contributed by atoms with Gasteiger partial charge in [-0.05, 0) is 12.8 Å². The van der Waals surface area contributed by atoms with E-state index in [9.17, 15) is 8.42 Å². The minimum atomic E-state index is -3.57. The van der Waals surface area contributed by atoms with Gasteiger partial charge in [0.25, 0.3) is 10.0 Å². The molecule has 1 saturated heterocycles. The zero-order chi connectivity index (χ0) is 13.3. The van der Waals surface area contributed by atoms with Crippen LogP contribution in [0.5, 0.6) is 0 Å². The Hall–Kier alpha value is -0.110. The summed E-state index contributed by atoms with van der Waals surface area (Å²) in [5.41, 5.74) is 0. The van der Waals surface area contributed by atoms with Gasteiger partial charge in [-0.3, -0.25) is 4.68 Å². The molecule has 0 amide bonds. The molecule has 1 unspecified atom stereocenters.